The summed E-state index contributed by atoms with van der Waals surface area (Å²) in [6, 6.07) is 14.2. The molecule has 3 aromatic heterocycles. The lowest BCUT2D eigenvalue weighted by molar-refractivity contribution is 0.1000. The maximum Gasteiger partial charge on any atom is 0.284 e. The summed E-state index contributed by atoms with van der Waals surface area (Å²) in [5.41, 5.74) is 8.27. The SMILES string of the molecule is Cc1nccn1-c1ccc(-n2cnc3ncn(-c4cccc(C(N)=O)c4)c3c2=O)cc1. The highest BCUT2D eigenvalue weighted by molar-refractivity contribution is 5.93. The van der Waals surface area contributed by atoms with Crippen LogP contribution in [0.4, 0.5) is 0 Å². The van der Waals surface area contributed by atoms with E-state index in [9.17, 15) is 9.59 Å². The van der Waals surface area contributed by atoms with Crippen molar-refractivity contribution in [1.82, 2.24) is 28.7 Å². The van der Waals surface area contributed by atoms with E-state index in [2.05, 4.69) is 15.0 Å². The minimum absolute atomic E-state index is 0.279. The fourth-order valence-corrected chi connectivity index (χ4v) is 3.52. The van der Waals surface area contributed by atoms with E-state index in [-0.39, 0.29) is 5.56 Å². The van der Waals surface area contributed by atoms with Crippen LogP contribution in [0.5, 0.6) is 0 Å². The molecule has 152 valence electrons. The van der Waals surface area contributed by atoms with Gasteiger partial charge in [-0.05, 0) is 49.4 Å². The van der Waals surface area contributed by atoms with E-state index < -0.39 is 5.91 Å². The molecular weight excluding hydrogens is 394 g/mol. The number of primary amides is 1. The number of benzene rings is 2. The van der Waals surface area contributed by atoms with Gasteiger partial charge in [0, 0.05) is 29.3 Å². The van der Waals surface area contributed by atoms with Crippen molar-refractivity contribution in [3.8, 4) is 17.1 Å². The molecule has 9 heteroatoms. The molecule has 0 aliphatic heterocycles. The molecule has 0 spiro atoms. The normalized spacial score (nSPS) is 11.1. The summed E-state index contributed by atoms with van der Waals surface area (Å²) < 4.78 is 5.02. The van der Waals surface area contributed by atoms with Gasteiger partial charge < -0.3 is 10.3 Å². The number of carbonyl (C=O) groups is 1. The Morgan fingerprint density at radius 1 is 0.871 bits per heavy atom. The van der Waals surface area contributed by atoms with Gasteiger partial charge in [-0.15, -0.1) is 0 Å². The zero-order chi connectivity index (χ0) is 21.5. The van der Waals surface area contributed by atoms with Crippen molar-refractivity contribution in [2.45, 2.75) is 6.92 Å². The number of amides is 1. The van der Waals surface area contributed by atoms with E-state index in [1.807, 2.05) is 42.0 Å². The van der Waals surface area contributed by atoms with Crippen molar-refractivity contribution in [3.05, 3.63) is 95.3 Å². The van der Waals surface area contributed by atoms with Crippen LogP contribution in [-0.4, -0.2) is 34.6 Å². The van der Waals surface area contributed by atoms with Gasteiger partial charge in [0.25, 0.3) is 5.56 Å². The zero-order valence-corrected chi connectivity index (χ0v) is 16.5. The molecule has 0 radical (unpaired) electrons. The van der Waals surface area contributed by atoms with Crippen LogP contribution in [0.3, 0.4) is 0 Å². The number of hydrogen-bond acceptors (Lipinski definition) is 5. The number of carbonyl (C=O) groups excluding carboxylic acids is 1. The average Bonchev–Trinajstić information content (AvgIpc) is 3.41. The molecule has 3 heterocycles. The van der Waals surface area contributed by atoms with Crippen LogP contribution < -0.4 is 11.3 Å². The topological polar surface area (TPSA) is 114 Å². The Bertz CT molecular complexity index is 1490. The van der Waals surface area contributed by atoms with E-state index in [1.165, 1.54) is 17.2 Å². The number of aromatic nitrogens is 6. The smallest absolute Gasteiger partial charge is 0.284 e. The van der Waals surface area contributed by atoms with Gasteiger partial charge in [0.2, 0.25) is 5.91 Å². The average molecular weight is 411 g/mol. The van der Waals surface area contributed by atoms with E-state index in [4.69, 9.17) is 5.73 Å². The third kappa shape index (κ3) is 3.08. The Morgan fingerprint density at radius 2 is 1.55 bits per heavy atom. The Kier molecular flexibility index (Phi) is 4.21. The first-order valence-electron chi connectivity index (χ1n) is 9.48. The highest BCUT2D eigenvalue weighted by atomic mass is 16.1. The summed E-state index contributed by atoms with van der Waals surface area (Å²) in [4.78, 5) is 37.7. The molecule has 0 atom stereocenters. The van der Waals surface area contributed by atoms with Gasteiger partial charge in [-0.2, -0.15) is 0 Å². The Labute approximate surface area is 176 Å². The predicted octanol–water partition coefficient (Wildman–Crippen LogP) is 2.16. The van der Waals surface area contributed by atoms with Gasteiger partial charge in [0.15, 0.2) is 11.2 Å². The molecule has 0 aliphatic carbocycles. The van der Waals surface area contributed by atoms with Crippen molar-refractivity contribution in [3.63, 3.8) is 0 Å². The minimum atomic E-state index is -0.546. The third-order valence-corrected chi connectivity index (χ3v) is 5.11. The summed E-state index contributed by atoms with van der Waals surface area (Å²) >= 11 is 0. The van der Waals surface area contributed by atoms with Crippen LogP contribution >= 0.6 is 0 Å². The highest BCUT2D eigenvalue weighted by Gasteiger charge is 2.14. The van der Waals surface area contributed by atoms with E-state index in [1.54, 1.807) is 35.0 Å². The number of fused-ring (bicyclic) bond motifs is 1. The molecule has 0 saturated heterocycles. The second kappa shape index (κ2) is 7.06. The van der Waals surface area contributed by atoms with E-state index in [0.717, 1.165) is 11.5 Å². The fraction of sp³-hybridized carbons (Fsp3) is 0.0455. The molecule has 0 saturated carbocycles. The molecule has 2 N–H and O–H groups in total. The van der Waals surface area contributed by atoms with E-state index >= 15 is 0 Å². The monoisotopic (exact) mass is 411 g/mol. The molecule has 0 bridgehead atoms. The molecule has 1 amide bonds. The largest absolute Gasteiger partial charge is 0.366 e. The Morgan fingerprint density at radius 3 is 2.19 bits per heavy atom. The lowest BCUT2D eigenvalue weighted by Crippen LogP contribution is -2.21. The summed E-state index contributed by atoms with van der Waals surface area (Å²) in [7, 11) is 0. The fourth-order valence-electron chi connectivity index (χ4n) is 3.52. The van der Waals surface area contributed by atoms with Crippen LogP contribution in [0, 0.1) is 6.92 Å². The zero-order valence-electron chi connectivity index (χ0n) is 16.5. The summed E-state index contributed by atoms with van der Waals surface area (Å²) in [6.07, 6.45) is 6.58. The summed E-state index contributed by atoms with van der Waals surface area (Å²) in [5.74, 6) is 0.324. The quantitative estimate of drug-likeness (QED) is 0.487. The van der Waals surface area contributed by atoms with Crippen molar-refractivity contribution in [2.24, 2.45) is 5.73 Å². The maximum atomic E-state index is 13.3. The number of aryl methyl sites for hydroxylation is 1. The van der Waals surface area contributed by atoms with Crippen LogP contribution in [0.15, 0.2) is 78.4 Å². The van der Waals surface area contributed by atoms with E-state index in [0.29, 0.717) is 28.1 Å². The molecular formula is C22H17N7O2. The van der Waals surface area contributed by atoms with Gasteiger partial charge in [0.1, 0.15) is 18.5 Å². The predicted molar refractivity (Wildman–Crippen MR) is 115 cm³/mol. The van der Waals surface area contributed by atoms with Crippen LogP contribution in [0.1, 0.15) is 16.2 Å². The highest BCUT2D eigenvalue weighted by Crippen LogP contribution is 2.17. The first-order valence-corrected chi connectivity index (χ1v) is 9.48. The number of hydrogen-bond donors (Lipinski definition) is 1. The summed E-state index contributed by atoms with van der Waals surface area (Å²) in [6.45, 7) is 1.92. The van der Waals surface area contributed by atoms with Crippen molar-refractivity contribution < 1.29 is 4.79 Å². The number of imidazole rings is 2. The lowest BCUT2D eigenvalue weighted by Gasteiger charge is -2.10. The van der Waals surface area contributed by atoms with Crippen molar-refractivity contribution in [1.29, 1.82) is 0 Å². The molecule has 2 aromatic carbocycles. The third-order valence-electron chi connectivity index (χ3n) is 5.11. The van der Waals surface area contributed by atoms with Crippen LogP contribution in [0.2, 0.25) is 0 Å². The molecule has 0 unspecified atom stereocenters. The molecule has 5 aromatic rings. The van der Waals surface area contributed by atoms with Gasteiger partial charge in [-0.25, -0.2) is 15.0 Å². The second-order valence-corrected chi connectivity index (χ2v) is 6.98. The summed E-state index contributed by atoms with van der Waals surface area (Å²) in [5, 5.41) is 0. The van der Waals surface area contributed by atoms with Crippen LogP contribution in [0.25, 0.3) is 28.2 Å². The Balaban J connectivity index is 1.62. The molecule has 0 fully saturated rings. The minimum Gasteiger partial charge on any atom is -0.366 e. The van der Waals surface area contributed by atoms with Crippen molar-refractivity contribution in [2.75, 3.05) is 0 Å². The number of nitrogens with two attached hydrogens (primary N) is 1. The first-order chi connectivity index (χ1) is 15.0. The standard InChI is InChI=1S/C22H17N7O2/c1-14-24-9-10-27(14)16-5-7-17(8-6-16)29-13-26-21-19(22(29)31)28(12-25-21)18-4-2-3-15(11-18)20(23)30/h2-13H,1H3,(H2,23,30). The Hall–Kier alpha value is -4.53. The second-order valence-electron chi connectivity index (χ2n) is 6.98. The first kappa shape index (κ1) is 18.5. The maximum absolute atomic E-state index is 13.3. The van der Waals surface area contributed by atoms with Gasteiger partial charge in [0.05, 0.1) is 5.69 Å². The molecule has 0 aliphatic rings. The molecule has 9 nitrogen and oxygen atoms in total. The number of nitrogens with zero attached hydrogens (tertiary/aromatic N) is 6. The van der Waals surface area contributed by atoms with Crippen LogP contribution in [-0.2, 0) is 0 Å². The van der Waals surface area contributed by atoms with Gasteiger partial charge in [-0.1, -0.05) is 6.07 Å². The lowest BCUT2D eigenvalue weighted by atomic mass is 10.2. The molecule has 5 rings (SSSR count). The van der Waals surface area contributed by atoms with Crippen molar-refractivity contribution >= 4 is 17.1 Å². The van der Waals surface area contributed by atoms with Gasteiger partial charge in [-0.3, -0.25) is 18.7 Å². The van der Waals surface area contributed by atoms with Gasteiger partial charge >= 0.3 is 0 Å². The number of rotatable bonds is 4. The molecule has 31 heavy (non-hydrogen) atoms.